The van der Waals surface area contributed by atoms with Gasteiger partial charge in [-0.05, 0) is 24.3 Å². The summed E-state index contributed by atoms with van der Waals surface area (Å²) < 4.78 is 12.9. The standard InChI is InChI=1S/C14H15FN2O4/c1-16-6-7-17(11(14(16)21)8-12(18)19)13(20)9-2-4-10(15)5-3-9/h2-5,11H,6-8H2,1H3,(H,18,19). The molecule has 1 saturated heterocycles. The van der Waals surface area contributed by atoms with E-state index in [1.54, 1.807) is 7.05 Å². The molecule has 2 amide bonds. The molecule has 1 aromatic rings. The Morgan fingerprint density at radius 1 is 1.29 bits per heavy atom. The number of hydrogen-bond acceptors (Lipinski definition) is 3. The zero-order chi connectivity index (χ0) is 15.6. The fraction of sp³-hybridized carbons (Fsp3) is 0.357. The fourth-order valence-electron chi connectivity index (χ4n) is 2.28. The third-order valence-corrected chi connectivity index (χ3v) is 3.43. The van der Waals surface area contributed by atoms with Crippen LogP contribution in [0.5, 0.6) is 0 Å². The zero-order valence-corrected chi connectivity index (χ0v) is 11.5. The molecule has 1 aliphatic heterocycles. The topological polar surface area (TPSA) is 77.9 Å². The molecule has 1 fully saturated rings. The summed E-state index contributed by atoms with van der Waals surface area (Å²) in [6.45, 7) is 0.582. The van der Waals surface area contributed by atoms with Crippen molar-refractivity contribution >= 4 is 17.8 Å². The van der Waals surface area contributed by atoms with E-state index in [4.69, 9.17) is 5.11 Å². The van der Waals surface area contributed by atoms with Crippen molar-refractivity contribution in [1.82, 2.24) is 9.80 Å². The van der Waals surface area contributed by atoms with E-state index in [1.165, 1.54) is 21.9 Å². The second-order valence-electron chi connectivity index (χ2n) is 4.88. The second kappa shape index (κ2) is 5.90. The van der Waals surface area contributed by atoms with Crippen molar-refractivity contribution in [2.75, 3.05) is 20.1 Å². The minimum absolute atomic E-state index is 0.226. The Kier molecular flexibility index (Phi) is 4.21. The molecule has 112 valence electrons. The molecular weight excluding hydrogens is 279 g/mol. The fourth-order valence-corrected chi connectivity index (χ4v) is 2.28. The molecule has 2 rings (SSSR count). The highest BCUT2D eigenvalue weighted by Crippen LogP contribution is 2.17. The molecule has 1 aliphatic rings. The van der Waals surface area contributed by atoms with Crippen LogP contribution >= 0.6 is 0 Å². The van der Waals surface area contributed by atoms with E-state index in [-0.39, 0.29) is 12.1 Å². The van der Waals surface area contributed by atoms with Crippen LogP contribution in [0.3, 0.4) is 0 Å². The lowest BCUT2D eigenvalue weighted by Crippen LogP contribution is -2.58. The van der Waals surface area contributed by atoms with Crippen molar-refractivity contribution in [3.05, 3.63) is 35.6 Å². The summed E-state index contributed by atoms with van der Waals surface area (Å²) in [5.74, 6) is -2.49. The van der Waals surface area contributed by atoms with E-state index in [2.05, 4.69) is 0 Å². The average Bonchev–Trinajstić information content (AvgIpc) is 2.44. The summed E-state index contributed by atoms with van der Waals surface area (Å²) in [7, 11) is 1.57. The van der Waals surface area contributed by atoms with Crippen molar-refractivity contribution in [3.63, 3.8) is 0 Å². The first-order valence-electron chi connectivity index (χ1n) is 6.43. The highest BCUT2D eigenvalue weighted by Gasteiger charge is 2.37. The van der Waals surface area contributed by atoms with Crippen molar-refractivity contribution in [2.45, 2.75) is 12.5 Å². The van der Waals surface area contributed by atoms with E-state index < -0.39 is 36.1 Å². The van der Waals surface area contributed by atoms with Gasteiger partial charge in [0.25, 0.3) is 5.91 Å². The van der Waals surface area contributed by atoms with E-state index >= 15 is 0 Å². The lowest BCUT2D eigenvalue weighted by Gasteiger charge is -2.38. The van der Waals surface area contributed by atoms with Crippen LogP contribution in [0.4, 0.5) is 4.39 Å². The number of halogens is 1. The van der Waals surface area contributed by atoms with Gasteiger partial charge < -0.3 is 14.9 Å². The summed E-state index contributed by atoms with van der Waals surface area (Å²) in [4.78, 5) is 38.0. The molecular formula is C14H15FN2O4. The Bertz CT molecular complexity index is 573. The van der Waals surface area contributed by atoms with Crippen molar-refractivity contribution in [1.29, 1.82) is 0 Å². The Morgan fingerprint density at radius 2 is 1.90 bits per heavy atom. The van der Waals surface area contributed by atoms with Crippen LogP contribution in [0.15, 0.2) is 24.3 Å². The maximum atomic E-state index is 12.9. The maximum absolute atomic E-state index is 12.9. The highest BCUT2D eigenvalue weighted by atomic mass is 19.1. The summed E-state index contributed by atoms with van der Waals surface area (Å²) >= 11 is 0. The van der Waals surface area contributed by atoms with Gasteiger partial charge in [-0.2, -0.15) is 0 Å². The molecule has 0 spiro atoms. The van der Waals surface area contributed by atoms with Crippen LogP contribution in [0, 0.1) is 5.82 Å². The number of carbonyl (C=O) groups excluding carboxylic acids is 2. The van der Waals surface area contributed by atoms with Crippen LogP contribution in [0.1, 0.15) is 16.8 Å². The van der Waals surface area contributed by atoms with Gasteiger partial charge in [0.15, 0.2) is 0 Å². The highest BCUT2D eigenvalue weighted by molar-refractivity contribution is 5.99. The van der Waals surface area contributed by atoms with Gasteiger partial charge in [0, 0.05) is 25.7 Å². The minimum Gasteiger partial charge on any atom is -0.481 e. The third kappa shape index (κ3) is 3.18. The molecule has 0 bridgehead atoms. The van der Waals surface area contributed by atoms with E-state index in [0.717, 1.165) is 12.1 Å². The normalized spacial score (nSPS) is 18.8. The molecule has 1 heterocycles. The lowest BCUT2D eigenvalue weighted by atomic mass is 10.1. The number of nitrogens with zero attached hydrogens (tertiary/aromatic N) is 2. The first-order chi connectivity index (χ1) is 9.90. The Balaban J connectivity index is 2.26. The van der Waals surface area contributed by atoms with Crippen LogP contribution in [0.2, 0.25) is 0 Å². The quantitative estimate of drug-likeness (QED) is 0.884. The summed E-state index contributed by atoms with van der Waals surface area (Å²) in [6.07, 6.45) is -0.448. The number of hydrogen-bond donors (Lipinski definition) is 1. The molecule has 21 heavy (non-hydrogen) atoms. The smallest absolute Gasteiger partial charge is 0.305 e. The predicted molar refractivity (Wildman–Crippen MR) is 71.1 cm³/mol. The van der Waals surface area contributed by atoms with E-state index in [1.807, 2.05) is 0 Å². The zero-order valence-electron chi connectivity index (χ0n) is 11.5. The molecule has 6 nitrogen and oxygen atoms in total. The number of carbonyl (C=O) groups is 3. The maximum Gasteiger partial charge on any atom is 0.305 e. The Morgan fingerprint density at radius 3 is 2.48 bits per heavy atom. The van der Waals surface area contributed by atoms with Gasteiger partial charge in [0.05, 0.1) is 6.42 Å². The number of carboxylic acid groups (broad SMARTS) is 1. The van der Waals surface area contributed by atoms with Gasteiger partial charge in [0.1, 0.15) is 11.9 Å². The largest absolute Gasteiger partial charge is 0.481 e. The number of likely N-dealkylation sites (N-methyl/N-ethyl adjacent to an activating group) is 1. The number of rotatable bonds is 3. The molecule has 7 heteroatoms. The number of aliphatic carboxylic acids is 1. The number of benzene rings is 1. The van der Waals surface area contributed by atoms with Gasteiger partial charge in [0.2, 0.25) is 5.91 Å². The van der Waals surface area contributed by atoms with Gasteiger partial charge >= 0.3 is 5.97 Å². The minimum atomic E-state index is -1.15. The monoisotopic (exact) mass is 294 g/mol. The van der Waals surface area contributed by atoms with Crippen LogP contribution in [0.25, 0.3) is 0 Å². The number of carboxylic acids is 1. The van der Waals surface area contributed by atoms with Gasteiger partial charge in [-0.1, -0.05) is 0 Å². The van der Waals surface area contributed by atoms with E-state index in [9.17, 15) is 18.8 Å². The van der Waals surface area contributed by atoms with E-state index in [0.29, 0.717) is 6.54 Å². The summed E-state index contributed by atoms with van der Waals surface area (Å²) in [5, 5.41) is 8.92. The van der Waals surface area contributed by atoms with Crippen molar-refractivity contribution in [2.24, 2.45) is 0 Å². The molecule has 1 N–H and O–H groups in total. The Labute approximate surface area is 120 Å². The summed E-state index contributed by atoms with van der Waals surface area (Å²) in [5.41, 5.74) is 0.226. The van der Waals surface area contributed by atoms with Crippen LogP contribution in [-0.4, -0.2) is 58.9 Å². The molecule has 0 radical (unpaired) electrons. The second-order valence-corrected chi connectivity index (χ2v) is 4.88. The Hall–Kier alpha value is -2.44. The predicted octanol–water partition coefficient (Wildman–Crippen LogP) is 0.583. The van der Waals surface area contributed by atoms with Gasteiger partial charge in [-0.3, -0.25) is 14.4 Å². The molecule has 1 aromatic carbocycles. The average molecular weight is 294 g/mol. The number of piperazine rings is 1. The van der Waals surface area contributed by atoms with Crippen molar-refractivity contribution < 1.29 is 23.9 Å². The first-order valence-corrected chi connectivity index (χ1v) is 6.43. The molecule has 1 atom stereocenters. The van der Waals surface area contributed by atoms with Crippen molar-refractivity contribution in [3.8, 4) is 0 Å². The SMILES string of the molecule is CN1CCN(C(=O)c2ccc(F)cc2)C(CC(=O)O)C1=O. The number of amides is 2. The lowest BCUT2D eigenvalue weighted by molar-refractivity contribution is -0.146. The first kappa shape index (κ1) is 15.0. The molecule has 0 aromatic heterocycles. The molecule has 0 aliphatic carbocycles. The van der Waals surface area contributed by atoms with Gasteiger partial charge in [-0.15, -0.1) is 0 Å². The van der Waals surface area contributed by atoms with Crippen LogP contribution in [-0.2, 0) is 9.59 Å². The van der Waals surface area contributed by atoms with Gasteiger partial charge in [-0.25, -0.2) is 4.39 Å². The van der Waals surface area contributed by atoms with Crippen LogP contribution < -0.4 is 0 Å². The molecule has 0 saturated carbocycles. The third-order valence-electron chi connectivity index (χ3n) is 3.43. The summed E-state index contributed by atoms with van der Waals surface area (Å²) in [6, 6.07) is 3.91. The molecule has 1 unspecified atom stereocenters.